The van der Waals surface area contributed by atoms with Crippen molar-refractivity contribution >= 4 is 29.2 Å². The van der Waals surface area contributed by atoms with Crippen LogP contribution in [0.4, 0.5) is 20.6 Å². The molecule has 0 aromatic heterocycles. The van der Waals surface area contributed by atoms with Crippen molar-refractivity contribution in [1.82, 2.24) is 4.90 Å². The fourth-order valence-corrected chi connectivity index (χ4v) is 3.11. The van der Waals surface area contributed by atoms with E-state index < -0.39 is 23.8 Å². The predicted molar refractivity (Wildman–Crippen MR) is 99.7 cm³/mol. The van der Waals surface area contributed by atoms with E-state index in [4.69, 9.17) is 0 Å². The van der Waals surface area contributed by atoms with Crippen LogP contribution in [0.15, 0.2) is 54.6 Å². The van der Waals surface area contributed by atoms with E-state index in [0.29, 0.717) is 5.69 Å². The normalized spacial score (nSPS) is 17.0. The number of anilines is 2. The molecule has 2 aromatic carbocycles. The van der Waals surface area contributed by atoms with Gasteiger partial charge in [0, 0.05) is 11.7 Å². The fraction of sp³-hybridized carbons (Fsp3) is 0.250. The van der Waals surface area contributed by atoms with E-state index in [1.165, 1.54) is 29.2 Å². The van der Waals surface area contributed by atoms with E-state index in [2.05, 4.69) is 5.32 Å². The standard InChI is InChI=1S/C20H20FN3O3/c1-13(2)23-17(12-18(25)22-15-6-4-3-5-7-15)19(26)24(20(23)27)16-10-8-14(21)9-11-16/h3-11,13,17H,12H2,1-2H3,(H,22,25). The van der Waals surface area contributed by atoms with Crippen molar-refractivity contribution in [1.29, 1.82) is 0 Å². The number of hydrogen-bond donors (Lipinski definition) is 1. The number of carbonyl (C=O) groups excluding carboxylic acids is 3. The number of hydrogen-bond acceptors (Lipinski definition) is 3. The van der Waals surface area contributed by atoms with E-state index in [0.717, 1.165) is 4.90 Å². The van der Waals surface area contributed by atoms with E-state index in [-0.39, 0.29) is 24.1 Å². The van der Waals surface area contributed by atoms with Gasteiger partial charge in [0.2, 0.25) is 5.91 Å². The van der Waals surface area contributed by atoms with Crippen LogP contribution in [0.1, 0.15) is 20.3 Å². The first-order chi connectivity index (χ1) is 12.9. The first kappa shape index (κ1) is 18.6. The molecule has 1 aliphatic rings. The molecule has 27 heavy (non-hydrogen) atoms. The Kier molecular flexibility index (Phi) is 5.21. The number of rotatable bonds is 5. The zero-order valence-electron chi connectivity index (χ0n) is 15.1. The van der Waals surface area contributed by atoms with Crippen LogP contribution >= 0.6 is 0 Å². The lowest BCUT2D eigenvalue weighted by Gasteiger charge is -2.25. The summed E-state index contributed by atoms with van der Waals surface area (Å²) >= 11 is 0. The quantitative estimate of drug-likeness (QED) is 0.821. The number of benzene rings is 2. The number of carbonyl (C=O) groups is 3. The van der Waals surface area contributed by atoms with Crippen LogP contribution in [0.25, 0.3) is 0 Å². The Balaban J connectivity index is 1.82. The third-order valence-electron chi connectivity index (χ3n) is 4.33. The van der Waals surface area contributed by atoms with Crippen molar-refractivity contribution in [3.63, 3.8) is 0 Å². The molecule has 4 amide bonds. The molecular weight excluding hydrogens is 349 g/mol. The third-order valence-corrected chi connectivity index (χ3v) is 4.33. The Morgan fingerprint density at radius 3 is 2.30 bits per heavy atom. The average Bonchev–Trinajstić information content (AvgIpc) is 2.87. The maximum atomic E-state index is 13.2. The Labute approximate surface area is 156 Å². The van der Waals surface area contributed by atoms with Crippen molar-refractivity contribution in [2.24, 2.45) is 0 Å². The molecule has 1 N–H and O–H groups in total. The molecule has 7 heteroatoms. The van der Waals surface area contributed by atoms with E-state index in [1.807, 2.05) is 6.07 Å². The lowest BCUT2D eigenvalue weighted by molar-refractivity contribution is -0.124. The van der Waals surface area contributed by atoms with E-state index >= 15 is 0 Å². The Bertz CT molecular complexity index is 853. The summed E-state index contributed by atoms with van der Waals surface area (Å²) < 4.78 is 13.2. The van der Waals surface area contributed by atoms with Crippen molar-refractivity contribution < 1.29 is 18.8 Å². The summed E-state index contributed by atoms with van der Waals surface area (Å²) in [7, 11) is 0. The van der Waals surface area contributed by atoms with Crippen LogP contribution in [0.3, 0.4) is 0 Å². The minimum Gasteiger partial charge on any atom is -0.326 e. The maximum absolute atomic E-state index is 13.2. The van der Waals surface area contributed by atoms with Crippen LogP contribution < -0.4 is 10.2 Å². The van der Waals surface area contributed by atoms with Gasteiger partial charge in [0.05, 0.1) is 12.1 Å². The molecule has 1 aliphatic heterocycles. The second-order valence-electron chi connectivity index (χ2n) is 6.57. The molecule has 0 bridgehead atoms. The molecule has 1 unspecified atom stereocenters. The van der Waals surface area contributed by atoms with E-state index in [1.54, 1.807) is 38.1 Å². The van der Waals surface area contributed by atoms with Gasteiger partial charge in [-0.2, -0.15) is 0 Å². The smallest absolute Gasteiger partial charge is 0.326 e. The predicted octanol–water partition coefficient (Wildman–Crippen LogP) is 3.40. The van der Waals surface area contributed by atoms with Crippen LogP contribution in [0.2, 0.25) is 0 Å². The van der Waals surface area contributed by atoms with Crippen LogP contribution in [0.5, 0.6) is 0 Å². The molecule has 0 spiro atoms. The topological polar surface area (TPSA) is 69.7 Å². The number of nitrogens with one attached hydrogen (secondary N) is 1. The number of nitrogens with zero attached hydrogens (tertiary/aromatic N) is 2. The molecule has 2 aromatic rings. The first-order valence-electron chi connectivity index (χ1n) is 8.65. The maximum Gasteiger partial charge on any atom is 0.332 e. The fourth-order valence-electron chi connectivity index (χ4n) is 3.11. The zero-order valence-corrected chi connectivity index (χ0v) is 15.1. The minimum atomic E-state index is -0.911. The van der Waals surface area contributed by atoms with Gasteiger partial charge in [0.25, 0.3) is 5.91 Å². The van der Waals surface area contributed by atoms with E-state index in [9.17, 15) is 18.8 Å². The van der Waals surface area contributed by atoms with Crippen LogP contribution in [-0.4, -0.2) is 34.8 Å². The zero-order chi connectivity index (χ0) is 19.6. The first-order valence-corrected chi connectivity index (χ1v) is 8.65. The largest absolute Gasteiger partial charge is 0.332 e. The molecule has 1 fully saturated rings. The molecule has 1 atom stereocenters. The van der Waals surface area contributed by atoms with Gasteiger partial charge in [-0.3, -0.25) is 9.59 Å². The van der Waals surface area contributed by atoms with Gasteiger partial charge < -0.3 is 10.2 Å². The SMILES string of the molecule is CC(C)N1C(=O)N(c2ccc(F)cc2)C(=O)C1CC(=O)Nc1ccccc1. The van der Waals surface area contributed by atoms with Crippen molar-refractivity contribution in [3.05, 3.63) is 60.4 Å². The third kappa shape index (κ3) is 3.81. The highest BCUT2D eigenvalue weighted by molar-refractivity contribution is 6.22. The number of amides is 4. The highest BCUT2D eigenvalue weighted by atomic mass is 19.1. The summed E-state index contributed by atoms with van der Waals surface area (Å²) in [6.45, 7) is 3.56. The number of halogens is 1. The van der Waals surface area contributed by atoms with Gasteiger partial charge >= 0.3 is 6.03 Å². The summed E-state index contributed by atoms with van der Waals surface area (Å²) in [4.78, 5) is 40.5. The van der Waals surface area contributed by atoms with Crippen molar-refractivity contribution in [2.45, 2.75) is 32.4 Å². The molecule has 1 heterocycles. The summed E-state index contributed by atoms with van der Waals surface area (Å²) in [6.07, 6.45) is -0.157. The monoisotopic (exact) mass is 369 g/mol. The molecular formula is C20H20FN3O3. The van der Waals surface area contributed by atoms with Gasteiger partial charge in [-0.1, -0.05) is 18.2 Å². The molecule has 0 radical (unpaired) electrons. The molecule has 0 aliphatic carbocycles. The molecule has 3 rings (SSSR count). The summed E-state index contributed by atoms with van der Waals surface area (Å²) in [5.74, 6) is -1.32. The second-order valence-corrected chi connectivity index (χ2v) is 6.57. The number of para-hydroxylation sites is 1. The molecule has 140 valence electrons. The minimum absolute atomic E-state index is 0.157. The highest BCUT2D eigenvalue weighted by Gasteiger charge is 2.47. The number of imide groups is 1. The summed E-state index contributed by atoms with van der Waals surface area (Å²) in [6, 6.07) is 12.3. The van der Waals surface area contributed by atoms with Gasteiger partial charge in [-0.15, -0.1) is 0 Å². The summed E-state index contributed by atoms with van der Waals surface area (Å²) in [5, 5.41) is 2.73. The van der Waals surface area contributed by atoms with Crippen molar-refractivity contribution in [3.8, 4) is 0 Å². The van der Waals surface area contributed by atoms with Crippen molar-refractivity contribution in [2.75, 3.05) is 10.2 Å². The molecule has 6 nitrogen and oxygen atoms in total. The average molecular weight is 369 g/mol. The highest BCUT2D eigenvalue weighted by Crippen LogP contribution is 2.28. The Hall–Kier alpha value is -3.22. The van der Waals surface area contributed by atoms with Crippen LogP contribution in [-0.2, 0) is 9.59 Å². The lowest BCUT2D eigenvalue weighted by atomic mass is 10.1. The number of urea groups is 1. The van der Waals surface area contributed by atoms with Gasteiger partial charge in [-0.25, -0.2) is 14.1 Å². The van der Waals surface area contributed by atoms with Gasteiger partial charge in [-0.05, 0) is 50.2 Å². The van der Waals surface area contributed by atoms with Crippen LogP contribution in [0, 0.1) is 5.82 Å². The van der Waals surface area contributed by atoms with Gasteiger partial charge in [0.15, 0.2) is 0 Å². The second kappa shape index (κ2) is 7.57. The van der Waals surface area contributed by atoms with Gasteiger partial charge in [0.1, 0.15) is 11.9 Å². The lowest BCUT2D eigenvalue weighted by Crippen LogP contribution is -2.42. The Morgan fingerprint density at radius 2 is 1.70 bits per heavy atom. The molecule has 0 saturated carbocycles. The summed E-state index contributed by atoms with van der Waals surface area (Å²) in [5.41, 5.74) is 0.897. The molecule has 1 saturated heterocycles. The Morgan fingerprint density at radius 1 is 1.07 bits per heavy atom.